The van der Waals surface area contributed by atoms with Crippen LogP contribution in [0, 0.1) is 6.92 Å². The smallest absolute Gasteiger partial charge is 0.228 e. The highest BCUT2D eigenvalue weighted by Crippen LogP contribution is 2.24. The maximum Gasteiger partial charge on any atom is 0.228 e. The van der Waals surface area contributed by atoms with E-state index < -0.39 is 10.0 Å². The highest BCUT2D eigenvalue weighted by molar-refractivity contribution is 7.89. The summed E-state index contributed by atoms with van der Waals surface area (Å²) in [7, 11) is -3.52. The van der Waals surface area contributed by atoms with Crippen molar-refractivity contribution in [1.82, 2.24) is 5.32 Å². The standard InChI is InChI=1S/C10H16N2O3S2/c1-7-3-4-9(16-7)8(2)10(13)12-5-6-17(11,14)15/h3-4,8H,5-6H2,1-2H3,(H,12,13)(H2,11,14,15). The summed E-state index contributed by atoms with van der Waals surface area (Å²) < 4.78 is 21.4. The zero-order valence-corrected chi connectivity index (χ0v) is 11.4. The molecule has 1 rings (SSSR count). The van der Waals surface area contributed by atoms with Crippen LogP contribution in [0.2, 0.25) is 0 Å². The van der Waals surface area contributed by atoms with Gasteiger partial charge in [0.25, 0.3) is 0 Å². The molecule has 3 N–H and O–H groups in total. The number of thiophene rings is 1. The molecule has 0 aliphatic carbocycles. The summed E-state index contributed by atoms with van der Waals surface area (Å²) >= 11 is 1.56. The molecule has 5 nitrogen and oxygen atoms in total. The van der Waals surface area contributed by atoms with Gasteiger partial charge in [0, 0.05) is 16.3 Å². The van der Waals surface area contributed by atoms with E-state index in [0.717, 1.165) is 9.75 Å². The predicted octanol–water partition coefficient (Wildman–Crippen LogP) is 0.565. The molecule has 1 aromatic heterocycles. The van der Waals surface area contributed by atoms with Gasteiger partial charge in [-0.25, -0.2) is 13.6 Å². The first-order valence-electron chi connectivity index (χ1n) is 5.14. The van der Waals surface area contributed by atoms with Crippen molar-refractivity contribution in [2.75, 3.05) is 12.3 Å². The quantitative estimate of drug-likeness (QED) is 0.823. The summed E-state index contributed by atoms with van der Waals surface area (Å²) in [5.41, 5.74) is 0. The largest absolute Gasteiger partial charge is 0.354 e. The fourth-order valence-electron chi connectivity index (χ4n) is 1.28. The van der Waals surface area contributed by atoms with Crippen molar-refractivity contribution >= 4 is 27.3 Å². The van der Waals surface area contributed by atoms with Crippen LogP contribution in [-0.2, 0) is 14.8 Å². The Morgan fingerprint density at radius 3 is 2.65 bits per heavy atom. The molecule has 0 aromatic carbocycles. The summed E-state index contributed by atoms with van der Waals surface area (Å²) in [6, 6.07) is 3.86. The average Bonchev–Trinajstić information content (AvgIpc) is 2.61. The number of hydrogen-bond donors (Lipinski definition) is 2. The van der Waals surface area contributed by atoms with Gasteiger partial charge in [0.2, 0.25) is 15.9 Å². The van der Waals surface area contributed by atoms with Gasteiger partial charge < -0.3 is 5.32 Å². The van der Waals surface area contributed by atoms with Crippen molar-refractivity contribution < 1.29 is 13.2 Å². The first kappa shape index (κ1) is 14.1. The number of aryl methyl sites for hydroxylation is 1. The Hall–Kier alpha value is -0.920. The number of hydrogen-bond acceptors (Lipinski definition) is 4. The van der Waals surface area contributed by atoms with Crippen LogP contribution in [0.15, 0.2) is 12.1 Å². The van der Waals surface area contributed by atoms with Gasteiger partial charge in [-0.2, -0.15) is 0 Å². The summed E-state index contributed by atoms with van der Waals surface area (Å²) in [4.78, 5) is 13.8. The van der Waals surface area contributed by atoms with Gasteiger partial charge in [-0.05, 0) is 26.0 Å². The Kier molecular flexibility index (Phi) is 4.67. The molecule has 0 bridgehead atoms. The summed E-state index contributed by atoms with van der Waals surface area (Å²) in [6.07, 6.45) is 0. The average molecular weight is 276 g/mol. The third-order valence-corrected chi connectivity index (χ3v) is 4.22. The second-order valence-corrected chi connectivity index (χ2v) is 6.88. The lowest BCUT2D eigenvalue weighted by molar-refractivity contribution is -0.122. The fraction of sp³-hybridized carbons (Fsp3) is 0.500. The molecule has 0 aliphatic heterocycles. The monoisotopic (exact) mass is 276 g/mol. The number of carbonyl (C=O) groups is 1. The number of rotatable bonds is 5. The van der Waals surface area contributed by atoms with E-state index >= 15 is 0 Å². The Balaban J connectivity index is 2.48. The van der Waals surface area contributed by atoms with Crippen molar-refractivity contribution in [3.05, 3.63) is 21.9 Å². The first-order valence-corrected chi connectivity index (χ1v) is 7.67. The minimum absolute atomic E-state index is 0.0480. The molecule has 96 valence electrons. The molecular weight excluding hydrogens is 260 g/mol. The van der Waals surface area contributed by atoms with Crippen LogP contribution >= 0.6 is 11.3 Å². The molecular formula is C10H16N2O3S2. The van der Waals surface area contributed by atoms with E-state index in [1.165, 1.54) is 0 Å². The zero-order valence-electron chi connectivity index (χ0n) is 9.76. The number of nitrogens with one attached hydrogen (secondary N) is 1. The van der Waals surface area contributed by atoms with E-state index in [1.54, 1.807) is 18.3 Å². The normalized spacial score (nSPS) is 13.4. The molecule has 1 aromatic rings. The van der Waals surface area contributed by atoms with Gasteiger partial charge >= 0.3 is 0 Å². The van der Waals surface area contributed by atoms with Crippen LogP contribution in [-0.4, -0.2) is 26.6 Å². The maximum atomic E-state index is 11.7. The Morgan fingerprint density at radius 2 is 2.18 bits per heavy atom. The van der Waals surface area contributed by atoms with Crippen molar-refractivity contribution in [1.29, 1.82) is 0 Å². The predicted molar refractivity (Wildman–Crippen MR) is 68.5 cm³/mol. The van der Waals surface area contributed by atoms with Crippen LogP contribution in [0.4, 0.5) is 0 Å². The lowest BCUT2D eigenvalue weighted by Gasteiger charge is -2.09. The van der Waals surface area contributed by atoms with E-state index in [9.17, 15) is 13.2 Å². The third-order valence-electron chi connectivity index (χ3n) is 2.27. The molecule has 1 heterocycles. The van der Waals surface area contributed by atoms with E-state index in [2.05, 4.69) is 5.32 Å². The number of primary sulfonamides is 1. The Labute approximate surface area is 105 Å². The van der Waals surface area contributed by atoms with Crippen LogP contribution in [0.25, 0.3) is 0 Å². The number of nitrogens with two attached hydrogens (primary N) is 1. The summed E-state index contributed by atoms with van der Waals surface area (Å²) in [6.45, 7) is 3.81. The molecule has 7 heteroatoms. The van der Waals surface area contributed by atoms with E-state index in [0.29, 0.717) is 0 Å². The molecule has 0 saturated carbocycles. The Bertz CT molecular complexity index is 493. The molecule has 0 saturated heterocycles. The van der Waals surface area contributed by atoms with Crippen molar-refractivity contribution in [3.63, 3.8) is 0 Å². The van der Waals surface area contributed by atoms with Crippen LogP contribution in [0.1, 0.15) is 22.6 Å². The van der Waals surface area contributed by atoms with Gasteiger partial charge in [0.1, 0.15) is 0 Å². The first-order chi connectivity index (χ1) is 7.79. The van der Waals surface area contributed by atoms with Gasteiger partial charge in [-0.3, -0.25) is 4.79 Å². The second-order valence-electron chi connectivity index (χ2n) is 3.83. The van der Waals surface area contributed by atoms with Crippen LogP contribution in [0.5, 0.6) is 0 Å². The van der Waals surface area contributed by atoms with Gasteiger partial charge in [-0.15, -0.1) is 11.3 Å². The summed E-state index contributed by atoms with van der Waals surface area (Å²) in [5.74, 6) is -0.695. The van der Waals surface area contributed by atoms with Gasteiger partial charge in [0.15, 0.2) is 0 Å². The maximum absolute atomic E-state index is 11.7. The summed E-state index contributed by atoms with van der Waals surface area (Å²) in [5, 5.41) is 7.39. The SMILES string of the molecule is Cc1ccc(C(C)C(=O)NCCS(N)(=O)=O)s1. The Morgan fingerprint density at radius 1 is 1.53 bits per heavy atom. The molecule has 1 atom stereocenters. The van der Waals surface area contributed by atoms with Crippen LogP contribution in [0.3, 0.4) is 0 Å². The van der Waals surface area contributed by atoms with Crippen LogP contribution < -0.4 is 10.5 Å². The van der Waals surface area contributed by atoms with Crippen molar-refractivity contribution in [2.45, 2.75) is 19.8 Å². The third kappa shape index (κ3) is 4.84. The van der Waals surface area contributed by atoms with Gasteiger partial charge in [0.05, 0.1) is 11.7 Å². The molecule has 17 heavy (non-hydrogen) atoms. The number of carbonyl (C=O) groups excluding carboxylic acids is 1. The minimum Gasteiger partial charge on any atom is -0.354 e. The molecule has 0 fully saturated rings. The van der Waals surface area contributed by atoms with Crippen molar-refractivity contribution in [3.8, 4) is 0 Å². The lowest BCUT2D eigenvalue weighted by atomic mass is 10.1. The van der Waals surface area contributed by atoms with Crippen molar-refractivity contribution in [2.24, 2.45) is 5.14 Å². The van der Waals surface area contributed by atoms with Gasteiger partial charge in [-0.1, -0.05) is 0 Å². The van der Waals surface area contributed by atoms with E-state index in [4.69, 9.17) is 5.14 Å². The highest BCUT2D eigenvalue weighted by atomic mass is 32.2. The van der Waals surface area contributed by atoms with E-state index in [-0.39, 0.29) is 24.1 Å². The fourth-order valence-corrected chi connectivity index (χ4v) is 2.60. The lowest BCUT2D eigenvalue weighted by Crippen LogP contribution is -2.33. The topological polar surface area (TPSA) is 89.3 Å². The molecule has 0 radical (unpaired) electrons. The zero-order chi connectivity index (χ0) is 13.1. The second kappa shape index (κ2) is 5.61. The number of amides is 1. The van der Waals surface area contributed by atoms with E-state index in [1.807, 2.05) is 19.1 Å². The molecule has 1 unspecified atom stereocenters. The minimum atomic E-state index is -3.52. The number of sulfonamides is 1. The highest BCUT2D eigenvalue weighted by Gasteiger charge is 2.16. The molecule has 0 spiro atoms. The molecule has 0 aliphatic rings. The molecule has 1 amide bonds.